The molecule has 112 valence electrons. The Morgan fingerprint density at radius 3 is 2.33 bits per heavy atom. The Labute approximate surface area is 129 Å². The highest BCUT2D eigenvalue weighted by Gasteiger charge is 2.37. The van der Waals surface area contributed by atoms with E-state index in [9.17, 15) is 13.2 Å². The van der Waals surface area contributed by atoms with Crippen LogP contribution in [0, 0.1) is 0 Å². The fourth-order valence-electron chi connectivity index (χ4n) is 2.27. The van der Waals surface area contributed by atoms with E-state index in [2.05, 4.69) is 20.9 Å². The van der Waals surface area contributed by atoms with Gasteiger partial charge in [-0.2, -0.15) is 13.2 Å². The average molecular weight is 359 g/mol. The molecule has 0 amide bonds. The van der Waals surface area contributed by atoms with Gasteiger partial charge < -0.3 is 4.57 Å². The van der Waals surface area contributed by atoms with Crippen LogP contribution in [0.2, 0.25) is 0 Å². The molecule has 1 fully saturated rings. The van der Waals surface area contributed by atoms with E-state index in [1.807, 2.05) is 31.2 Å². The van der Waals surface area contributed by atoms with Gasteiger partial charge >= 0.3 is 6.18 Å². The Balaban J connectivity index is 2.02. The first kappa shape index (κ1) is 14.6. The quantitative estimate of drug-likeness (QED) is 0.675. The van der Waals surface area contributed by atoms with E-state index >= 15 is 0 Å². The Morgan fingerprint density at radius 1 is 1.24 bits per heavy atom. The summed E-state index contributed by atoms with van der Waals surface area (Å²) >= 11 is 3.47. The minimum atomic E-state index is -4.40. The molecule has 1 saturated carbocycles. The van der Waals surface area contributed by atoms with Gasteiger partial charge in [0.2, 0.25) is 0 Å². The smallest absolute Gasteiger partial charge is 0.327 e. The van der Waals surface area contributed by atoms with E-state index in [1.165, 1.54) is 0 Å². The van der Waals surface area contributed by atoms with Gasteiger partial charge in [-0.25, -0.2) is 4.98 Å². The maximum absolute atomic E-state index is 12.9. The number of aromatic nitrogens is 2. The standard InChI is InChI=1S/C15H14BrF3N2/c1-9(16)10-2-4-11(5-3-10)14-20-13(15(17,18)19)8-21(14)12-6-7-12/h2-5,8-9,12H,6-7H2,1H3. The van der Waals surface area contributed by atoms with Gasteiger partial charge in [-0.15, -0.1) is 0 Å². The third-order valence-electron chi connectivity index (χ3n) is 3.59. The van der Waals surface area contributed by atoms with E-state index in [0.29, 0.717) is 11.4 Å². The molecule has 0 aliphatic heterocycles. The van der Waals surface area contributed by atoms with Gasteiger partial charge in [0.25, 0.3) is 0 Å². The summed E-state index contributed by atoms with van der Waals surface area (Å²) in [6.45, 7) is 2.00. The van der Waals surface area contributed by atoms with Crippen LogP contribution in [0.5, 0.6) is 0 Å². The zero-order valence-electron chi connectivity index (χ0n) is 11.4. The highest BCUT2D eigenvalue weighted by Crippen LogP contribution is 2.41. The molecule has 0 radical (unpaired) electrons. The summed E-state index contributed by atoms with van der Waals surface area (Å²) in [4.78, 5) is 4.02. The monoisotopic (exact) mass is 358 g/mol. The number of halogens is 4. The third-order valence-corrected chi connectivity index (χ3v) is 4.12. The molecule has 3 rings (SSSR count). The van der Waals surface area contributed by atoms with Gasteiger partial charge in [-0.3, -0.25) is 0 Å². The summed E-state index contributed by atoms with van der Waals surface area (Å²) in [6, 6.07) is 7.63. The Morgan fingerprint density at radius 2 is 1.86 bits per heavy atom. The summed E-state index contributed by atoms with van der Waals surface area (Å²) in [6.07, 6.45) is -1.44. The summed E-state index contributed by atoms with van der Waals surface area (Å²) < 4.78 is 40.3. The number of imidazole rings is 1. The van der Waals surface area contributed by atoms with Crippen LogP contribution in [0.4, 0.5) is 13.2 Å². The average Bonchev–Trinajstić information content (AvgIpc) is 3.16. The molecule has 0 saturated heterocycles. The molecule has 1 aliphatic rings. The molecule has 0 N–H and O–H groups in total. The van der Waals surface area contributed by atoms with Crippen molar-refractivity contribution in [2.45, 2.75) is 36.8 Å². The molecule has 6 heteroatoms. The molecule has 1 aliphatic carbocycles. The normalized spacial score (nSPS) is 17.0. The lowest BCUT2D eigenvalue weighted by atomic mass is 10.1. The van der Waals surface area contributed by atoms with E-state index in [1.54, 1.807) is 4.57 Å². The lowest BCUT2D eigenvalue weighted by Gasteiger charge is -2.08. The van der Waals surface area contributed by atoms with Crippen molar-refractivity contribution >= 4 is 15.9 Å². The molecule has 1 aromatic carbocycles. The van der Waals surface area contributed by atoms with Crippen LogP contribution in [-0.4, -0.2) is 9.55 Å². The lowest BCUT2D eigenvalue weighted by Crippen LogP contribution is -2.05. The maximum Gasteiger partial charge on any atom is 0.434 e. The molecule has 1 aromatic heterocycles. The molecule has 2 aromatic rings. The third kappa shape index (κ3) is 3.00. The van der Waals surface area contributed by atoms with Gasteiger partial charge in [0, 0.05) is 22.6 Å². The zero-order valence-corrected chi connectivity index (χ0v) is 12.9. The predicted octanol–water partition coefficient (Wildman–Crippen LogP) is 5.36. The molecule has 0 bridgehead atoms. The molecular formula is C15H14BrF3N2. The van der Waals surface area contributed by atoms with Gasteiger partial charge in [0.15, 0.2) is 5.69 Å². The summed E-state index contributed by atoms with van der Waals surface area (Å²) in [5.74, 6) is 0.401. The number of alkyl halides is 4. The SMILES string of the molecule is CC(Br)c1ccc(-c2nc(C(F)(F)F)cn2C2CC2)cc1. The number of hydrogen-bond acceptors (Lipinski definition) is 1. The molecule has 1 unspecified atom stereocenters. The van der Waals surface area contributed by atoms with Crippen LogP contribution in [0.1, 0.15) is 41.9 Å². The van der Waals surface area contributed by atoms with Crippen molar-refractivity contribution in [1.29, 1.82) is 0 Å². The first-order valence-electron chi connectivity index (χ1n) is 6.76. The van der Waals surface area contributed by atoms with Crippen LogP contribution in [0.3, 0.4) is 0 Å². The first-order chi connectivity index (χ1) is 9.86. The first-order valence-corrected chi connectivity index (χ1v) is 7.68. The largest absolute Gasteiger partial charge is 0.434 e. The van der Waals surface area contributed by atoms with Crippen LogP contribution in [-0.2, 0) is 6.18 Å². The number of rotatable bonds is 3. The number of nitrogens with zero attached hydrogens (tertiary/aromatic N) is 2. The highest BCUT2D eigenvalue weighted by atomic mass is 79.9. The van der Waals surface area contributed by atoms with Crippen LogP contribution >= 0.6 is 15.9 Å². The molecular weight excluding hydrogens is 345 g/mol. The highest BCUT2D eigenvalue weighted by molar-refractivity contribution is 9.09. The van der Waals surface area contributed by atoms with Gasteiger partial charge in [-0.05, 0) is 25.3 Å². The Kier molecular flexibility index (Phi) is 3.59. The van der Waals surface area contributed by atoms with Crippen molar-refractivity contribution in [1.82, 2.24) is 9.55 Å². The van der Waals surface area contributed by atoms with Crippen molar-refractivity contribution in [2.24, 2.45) is 0 Å². The Bertz CT molecular complexity index is 640. The topological polar surface area (TPSA) is 17.8 Å². The van der Waals surface area contributed by atoms with E-state index < -0.39 is 11.9 Å². The number of benzene rings is 1. The van der Waals surface area contributed by atoms with Crippen LogP contribution in [0.15, 0.2) is 30.5 Å². The molecule has 2 nitrogen and oxygen atoms in total. The molecule has 1 atom stereocenters. The van der Waals surface area contributed by atoms with Gasteiger partial charge in [0.05, 0.1) is 0 Å². The van der Waals surface area contributed by atoms with E-state index in [-0.39, 0.29) is 10.9 Å². The molecule has 1 heterocycles. The lowest BCUT2D eigenvalue weighted by molar-refractivity contribution is -0.140. The number of hydrogen-bond donors (Lipinski definition) is 0. The second-order valence-corrected chi connectivity index (χ2v) is 6.70. The zero-order chi connectivity index (χ0) is 15.2. The van der Waals surface area contributed by atoms with E-state index in [4.69, 9.17) is 0 Å². The van der Waals surface area contributed by atoms with Gasteiger partial charge in [0.1, 0.15) is 5.82 Å². The maximum atomic E-state index is 12.9. The minimum Gasteiger partial charge on any atom is -0.327 e. The van der Waals surface area contributed by atoms with Crippen molar-refractivity contribution in [3.05, 3.63) is 41.7 Å². The van der Waals surface area contributed by atoms with Crippen LogP contribution in [0.25, 0.3) is 11.4 Å². The summed E-state index contributed by atoms with van der Waals surface area (Å²) in [7, 11) is 0. The summed E-state index contributed by atoms with van der Waals surface area (Å²) in [5, 5.41) is 0. The van der Waals surface area contributed by atoms with Crippen LogP contribution < -0.4 is 0 Å². The fourth-order valence-corrected chi connectivity index (χ4v) is 2.58. The predicted molar refractivity (Wildman–Crippen MR) is 78.3 cm³/mol. The second kappa shape index (κ2) is 5.16. The summed E-state index contributed by atoms with van der Waals surface area (Å²) in [5.41, 5.74) is 0.982. The van der Waals surface area contributed by atoms with E-state index in [0.717, 1.165) is 24.6 Å². The van der Waals surface area contributed by atoms with Crippen molar-refractivity contribution in [3.63, 3.8) is 0 Å². The van der Waals surface area contributed by atoms with Gasteiger partial charge in [-0.1, -0.05) is 40.2 Å². The minimum absolute atomic E-state index is 0.151. The Hall–Kier alpha value is -1.30. The van der Waals surface area contributed by atoms with Crippen molar-refractivity contribution in [2.75, 3.05) is 0 Å². The van der Waals surface area contributed by atoms with Crippen molar-refractivity contribution < 1.29 is 13.2 Å². The molecule has 21 heavy (non-hydrogen) atoms. The molecule has 0 spiro atoms. The van der Waals surface area contributed by atoms with Crippen molar-refractivity contribution in [3.8, 4) is 11.4 Å². The fraction of sp³-hybridized carbons (Fsp3) is 0.400. The second-order valence-electron chi connectivity index (χ2n) is 5.32.